The van der Waals surface area contributed by atoms with Crippen molar-refractivity contribution < 1.29 is 19.0 Å². The van der Waals surface area contributed by atoms with Crippen molar-refractivity contribution in [3.63, 3.8) is 0 Å². The van der Waals surface area contributed by atoms with Crippen LogP contribution in [-0.2, 0) is 27.9 Å². The van der Waals surface area contributed by atoms with Crippen LogP contribution in [0.2, 0.25) is 0 Å². The molecule has 0 aliphatic rings. The van der Waals surface area contributed by atoms with E-state index in [0.29, 0.717) is 17.0 Å². The van der Waals surface area contributed by atoms with E-state index in [1.54, 1.807) is 4.68 Å². The summed E-state index contributed by atoms with van der Waals surface area (Å²) in [5.74, 6) is 0.162. The highest BCUT2D eigenvalue weighted by molar-refractivity contribution is 6.16. The van der Waals surface area contributed by atoms with Crippen LogP contribution >= 0.6 is 0 Å². The summed E-state index contributed by atoms with van der Waals surface area (Å²) in [6.07, 6.45) is 1.38. The van der Waals surface area contributed by atoms with Gasteiger partial charge in [-0.15, -0.1) is 0 Å². The third-order valence-corrected chi connectivity index (χ3v) is 4.96. The first kappa shape index (κ1) is 21.2. The first-order valence-corrected chi connectivity index (χ1v) is 9.58. The first-order chi connectivity index (χ1) is 14.4. The molecule has 0 unspecified atom stereocenters. The van der Waals surface area contributed by atoms with E-state index < -0.39 is 5.97 Å². The van der Waals surface area contributed by atoms with Gasteiger partial charge in [0.05, 0.1) is 26.2 Å². The second-order valence-electron chi connectivity index (χ2n) is 7.00. The zero-order valence-corrected chi connectivity index (χ0v) is 17.9. The van der Waals surface area contributed by atoms with Crippen molar-refractivity contribution in [3.05, 3.63) is 77.0 Å². The second kappa shape index (κ2) is 9.31. The topological polar surface area (TPSA) is 62.6 Å². The van der Waals surface area contributed by atoms with Crippen LogP contribution in [-0.4, -0.2) is 30.0 Å². The summed E-state index contributed by atoms with van der Waals surface area (Å²) < 4.78 is 17.7. The lowest BCUT2D eigenvalue weighted by molar-refractivity contribution is -0.133. The Morgan fingerprint density at radius 1 is 1.07 bits per heavy atom. The SMILES string of the molecule is CO/C=C(/C(=O)OC)c1ccccc1COc1cc(-c2ccc(C)c(C)c2)nn1C. The van der Waals surface area contributed by atoms with E-state index in [9.17, 15) is 4.79 Å². The first-order valence-electron chi connectivity index (χ1n) is 9.58. The molecular weight excluding hydrogens is 380 g/mol. The number of esters is 1. The second-order valence-corrected chi connectivity index (χ2v) is 7.00. The zero-order valence-electron chi connectivity index (χ0n) is 17.9. The fourth-order valence-corrected chi connectivity index (χ4v) is 3.14. The Labute approximate surface area is 176 Å². The van der Waals surface area contributed by atoms with Crippen LogP contribution in [0.4, 0.5) is 0 Å². The van der Waals surface area contributed by atoms with Crippen LogP contribution in [0.5, 0.6) is 5.88 Å². The predicted octanol–water partition coefficient (Wildman–Crippen LogP) is 4.44. The van der Waals surface area contributed by atoms with Gasteiger partial charge in [-0.05, 0) is 42.2 Å². The van der Waals surface area contributed by atoms with E-state index in [1.165, 1.54) is 31.6 Å². The van der Waals surface area contributed by atoms with Gasteiger partial charge in [-0.1, -0.05) is 36.4 Å². The molecule has 0 saturated carbocycles. The average molecular weight is 406 g/mol. The van der Waals surface area contributed by atoms with E-state index in [2.05, 4.69) is 37.1 Å². The molecule has 0 aliphatic carbocycles. The van der Waals surface area contributed by atoms with Gasteiger partial charge in [0, 0.05) is 18.7 Å². The molecule has 6 heteroatoms. The minimum atomic E-state index is -0.470. The molecule has 156 valence electrons. The number of benzene rings is 2. The molecule has 0 N–H and O–H groups in total. The van der Waals surface area contributed by atoms with Crippen molar-refractivity contribution in [2.75, 3.05) is 14.2 Å². The fraction of sp³-hybridized carbons (Fsp3) is 0.250. The molecule has 3 rings (SSSR count). The van der Waals surface area contributed by atoms with Crippen LogP contribution in [0.3, 0.4) is 0 Å². The monoisotopic (exact) mass is 406 g/mol. The number of methoxy groups -OCH3 is 2. The molecule has 1 aromatic heterocycles. The lowest BCUT2D eigenvalue weighted by Gasteiger charge is -2.12. The van der Waals surface area contributed by atoms with Crippen molar-refractivity contribution in [2.45, 2.75) is 20.5 Å². The Balaban J connectivity index is 1.85. The Hall–Kier alpha value is -3.54. The predicted molar refractivity (Wildman–Crippen MR) is 116 cm³/mol. The van der Waals surface area contributed by atoms with Crippen molar-refractivity contribution in [2.24, 2.45) is 7.05 Å². The molecule has 0 atom stereocenters. The van der Waals surface area contributed by atoms with Crippen LogP contribution < -0.4 is 4.74 Å². The van der Waals surface area contributed by atoms with E-state index in [0.717, 1.165) is 16.8 Å². The van der Waals surface area contributed by atoms with E-state index in [4.69, 9.17) is 14.2 Å². The maximum absolute atomic E-state index is 12.2. The molecule has 3 aromatic rings. The minimum Gasteiger partial charge on any atom is -0.503 e. The lowest BCUT2D eigenvalue weighted by atomic mass is 10.0. The fourth-order valence-electron chi connectivity index (χ4n) is 3.14. The molecule has 0 fully saturated rings. The zero-order chi connectivity index (χ0) is 21.7. The molecule has 0 aliphatic heterocycles. The Kier molecular flexibility index (Phi) is 6.57. The molecule has 0 saturated heterocycles. The van der Waals surface area contributed by atoms with Crippen molar-refractivity contribution in [3.8, 4) is 17.1 Å². The van der Waals surface area contributed by atoms with Gasteiger partial charge in [0.1, 0.15) is 12.2 Å². The van der Waals surface area contributed by atoms with Crippen LogP contribution in [0, 0.1) is 13.8 Å². The summed E-state index contributed by atoms with van der Waals surface area (Å²) in [7, 11) is 4.68. The van der Waals surface area contributed by atoms with Gasteiger partial charge in [-0.2, -0.15) is 5.10 Å². The standard InChI is InChI=1S/C24H26N2O4/c1-16-10-11-18(12-17(16)2)22-13-23(26(3)25-22)30-14-19-8-6-7-9-20(19)21(15-28-4)24(27)29-5/h6-13,15H,14H2,1-5H3/b21-15+. The number of aryl methyl sites for hydroxylation is 3. The Morgan fingerprint density at radius 3 is 2.53 bits per heavy atom. The van der Waals surface area contributed by atoms with Crippen molar-refractivity contribution >= 4 is 11.5 Å². The van der Waals surface area contributed by atoms with Gasteiger partial charge in [0.2, 0.25) is 5.88 Å². The van der Waals surface area contributed by atoms with E-state index in [-0.39, 0.29) is 6.61 Å². The summed E-state index contributed by atoms with van der Waals surface area (Å²) in [6, 6.07) is 15.7. The van der Waals surface area contributed by atoms with Crippen LogP contribution in [0.25, 0.3) is 16.8 Å². The van der Waals surface area contributed by atoms with Crippen LogP contribution in [0.15, 0.2) is 54.8 Å². The highest BCUT2D eigenvalue weighted by atomic mass is 16.5. The van der Waals surface area contributed by atoms with E-state index in [1.807, 2.05) is 37.4 Å². The number of ether oxygens (including phenoxy) is 3. The molecule has 2 aromatic carbocycles. The number of hydrogen-bond donors (Lipinski definition) is 0. The number of aromatic nitrogens is 2. The molecule has 0 amide bonds. The number of rotatable bonds is 7. The van der Waals surface area contributed by atoms with Gasteiger partial charge < -0.3 is 14.2 Å². The molecular formula is C24H26N2O4. The molecule has 0 radical (unpaired) electrons. The quantitative estimate of drug-likeness (QED) is 0.330. The molecule has 1 heterocycles. The van der Waals surface area contributed by atoms with Gasteiger partial charge in [-0.3, -0.25) is 0 Å². The summed E-state index contributed by atoms with van der Waals surface area (Å²) in [6.45, 7) is 4.44. The number of nitrogens with zero attached hydrogens (tertiary/aromatic N) is 2. The number of carbonyl (C=O) groups excluding carboxylic acids is 1. The van der Waals surface area contributed by atoms with Gasteiger partial charge in [0.15, 0.2) is 0 Å². The van der Waals surface area contributed by atoms with Crippen LogP contribution in [0.1, 0.15) is 22.3 Å². The Bertz CT molecular complexity index is 1080. The minimum absolute atomic E-state index is 0.264. The Morgan fingerprint density at radius 2 is 1.83 bits per heavy atom. The smallest absolute Gasteiger partial charge is 0.341 e. The van der Waals surface area contributed by atoms with Gasteiger partial charge in [0.25, 0.3) is 0 Å². The van der Waals surface area contributed by atoms with Gasteiger partial charge >= 0.3 is 5.97 Å². The lowest BCUT2D eigenvalue weighted by Crippen LogP contribution is -2.09. The van der Waals surface area contributed by atoms with Crippen molar-refractivity contribution in [1.82, 2.24) is 9.78 Å². The third kappa shape index (κ3) is 4.54. The number of carbonyl (C=O) groups is 1. The highest BCUT2D eigenvalue weighted by Gasteiger charge is 2.17. The maximum atomic E-state index is 12.2. The summed E-state index contributed by atoms with van der Waals surface area (Å²) >= 11 is 0. The average Bonchev–Trinajstić information content (AvgIpc) is 3.12. The molecule has 6 nitrogen and oxygen atoms in total. The molecule has 0 bridgehead atoms. The van der Waals surface area contributed by atoms with Crippen molar-refractivity contribution in [1.29, 1.82) is 0 Å². The summed E-state index contributed by atoms with van der Waals surface area (Å²) in [4.78, 5) is 12.2. The third-order valence-electron chi connectivity index (χ3n) is 4.96. The normalized spacial score (nSPS) is 11.3. The van der Waals surface area contributed by atoms with E-state index >= 15 is 0 Å². The maximum Gasteiger partial charge on any atom is 0.341 e. The van der Waals surface area contributed by atoms with Gasteiger partial charge in [-0.25, -0.2) is 9.48 Å². The highest BCUT2D eigenvalue weighted by Crippen LogP contribution is 2.27. The summed E-state index contributed by atoms with van der Waals surface area (Å²) in [5.41, 5.74) is 6.21. The summed E-state index contributed by atoms with van der Waals surface area (Å²) in [5, 5.41) is 4.58. The molecule has 0 spiro atoms. The number of hydrogen-bond acceptors (Lipinski definition) is 5. The largest absolute Gasteiger partial charge is 0.503 e. The molecule has 30 heavy (non-hydrogen) atoms.